The van der Waals surface area contributed by atoms with Crippen molar-refractivity contribution in [2.75, 3.05) is 24.7 Å². The van der Waals surface area contributed by atoms with E-state index in [1.807, 2.05) is 0 Å². The zero-order valence-electron chi connectivity index (χ0n) is 17.6. The molecule has 0 aliphatic heterocycles. The molecular formula is C20H19ClN6O5S. The van der Waals surface area contributed by atoms with Crippen molar-refractivity contribution in [3.05, 3.63) is 59.6 Å². The summed E-state index contributed by atoms with van der Waals surface area (Å²) in [5.74, 6) is 0.469. The van der Waals surface area contributed by atoms with Crippen LogP contribution in [0.5, 0.6) is 11.8 Å². The van der Waals surface area contributed by atoms with Gasteiger partial charge in [0.15, 0.2) is 11.4 Å². The zero-order valence-corrected chi connectivity index (χ0v) is 19.2. The Balaban J connectivity index is 1.73. The van der Waals surface area contributed by atoms with Crippen molar-refractivity contribution in [1.29, 1.82) is 0 Å². The number of benzene rings is 1. The van der Waals surface area contributed by atoms with E-state index < -0.39 is 10.0 Å². The van der Waals surface area contributed by atoms with Gasteiger partial charge in [0.05, 0.1) is 26.2 Å². The van der Waals surface area contributed by atoms with E-state index in [0.29, 0.717) is 10.8 Å². The van der Waals surface area contributed by atoms with Crippen LogP contribution in [0.25, 0.3) is 17.3 Å². The number of hydrogen-bond acceptors (Lipinski definition) is 9. The minimum absolute atomic E-state index is 0.107. The van der Waals surface area contributed by atoms with Crippen molar-refractivity contribution in [2.24, 2.45) is 0 Å². The third-order valence-corrected chi connectivity index (χ3v) is 6.08. The van der Waals surface area contributed by atoms with E-state index in [4.69, 9.17) is 25.5 Å². The predicted octanol–water partition coefficient (Wildman–Crippen LogP) is 2.97. The third-order valence-electron chi connectivity index (χ3n) is 4.59. The van der Waals surface area contributed by atoms with E-state index in [-0.39, 0.29) is 41.4 Å². The Morgan fingerprint density at radius 2 is 1.76 bits per heavy atom. The van der Waals surface area contributed by atoms with Crippen molar-refractivity contribution in [1.82, 2.24) is 24.7 Å². The van der Waals surface area contributed by atoms with Crippen LogP contribution in [0.2, 0.25) is 5.02 Å². The van der Waals surface area contributed by atoms with Crippen molar-refractivity contribution in [3.8, 4) is 29.0 Å². The van der Waals surface area contributed by atoms with Gasteiger partial charge in [-0.1, -0.05) is 23.7 Å². The molecule has 0 amide bonds. The molecule has 4 rings (SSSR count). The van der Waals surface area contributed by atoms with Crippen LogP contribution in [0.4, 0.5) is 5.95 Å². The first-order valence-electron chi connectivity index (χ1n) is 9.59. The summed E-state index contributed by atoms with van der Waals surface area (Å²) in [5, 5.41) is 8.71. The van der Waals surface area contributed by atoms with E-state index in [1.54, 1.807) is 36.4 Å². The fourth-order valence-electron chi connectivity index (χ4n) is 3.06. The van der Waals surface area contributed by atoms with Gasteiger partial charge in [-0.25, -0.2) is 13.0 Å². The van der Waals surface area contributed by atoms with Gasteiger partial charge in [0, 0.05) is 5.02 Å². The van der Waals surface area contributed by atoms with Gasteiger partial charge in [-0.2, -0.15) is 9.97 Å². The van der Waals surface area contributed by atoms with Crippen LogP contribution in [-0.4, -0.2) is 53.1 Å². The number of nitrogens with zero attached hydrogens (tertiary/aromatic N) is 5. The SMILES string of the molecule is COc1ncnc(OC)c1-n1c(NS(=O)(=O)CCc2ccc(Cl)cc2)nnc1-c1ccco1. The maximum Gasteiger partial charge on any atom is 0.245 e. The molecule has 0 fully saturated rings. The topological polar surface area (TPSA) is 134 Å². The number of methoxy groups -OCH3 is 2. The fourth-order valence-corrected chi connectivity index (χ4v) is 4.20. The number of halogens is 1. The molecule has 0 unspecified atom stereocenters. The highest BCUT2D eigenvalue weighted by atomic mass is 35.5. The van der Waals surface area contributed by atoms with Gasteiger partial charge in [0.1, 0.15) is 6.33 Å². The van der Waals surface area contributed by atoms with Crippen molar-refractivity contribution < 1.29 is 22.3 Å². The number of aryl methyl sites for hydroxylation is 1. The first-order valence-corrected chi connectivity index (χ1v) is 11.6. The highest BCUT2D eigenvalue weighted by molar-refractivity contribution is 7.92. The van der Waals surface area contributed by atoms with Gasteiger partial charge in [-0.05, 0) is 36.2 Å². The van der Waals surface area contributed by atoms with E-state index >= 15 is 0 Å². The third kappa shape index (κ3) is 4.91. The molecular weight excluding hydrogens is 472 g/mol. The molecule has 3 aromatic heterocycles. The maximum absolute atomic E-state index is 12.9. The second kappa shape index (κ2) is 9.46. The molecule has 3 heterocycles. The van der Waals surface area contributed by atoms with Crippen molar-refractivity contribution in [3.63, 3.8) is 0 Å². The molecule has 172 valence electrons. The molecule has 0 radical (unpaired) electrons. The predicted molar refractivity (Wildman–Crippen MR) is 120 cm³/mol. The quantitative estimate of drug-likeness (QED) is 0.375. The summed E-state index contributed by atoms with van der Waals surface area (Å²) in [6.07, 6.45) is 2.99. The molecule has 0 saturated heterocycles. The molecule has 0 bridgehead atoms. The summed E-state index contributed by atoms with van der Waals surface area (Å²) in [7, 11) is -0.998. The van der Waals surface area contributed by atoms with Gasteiger partial charge in [0.25, 0.3) is 0 Å². The highest BCUT2D eigenvalue weighted by Crippen LogP contribution is 2.35. The number of anilines is 1. The number of hydrogen-bond donors (Lipinski definition) is 1. The first-order chi connectivity index (χ1) is 15.9. The Morgan fingerprint density at radius 3 is 2.36 bits per heavy atom. The van der Waals surface area contributed by atoms with Crippen molar-refractivity contribution >= 4 is 27.6 Å². The number of rotatable bonds is 9. The maximum atomic E-state index is 12.9. The monoisotopic (exact) mass is 490 g/mol. The minimum atomic E-state index is -3.83. The molecule has 0 aliphatic carbocycles. The van der Waals surface area contributed by atoms with Gasteiger partial charge in [0.2, 0.25) is 33.6 Å². The smallest absolute Gasteiger partial charge is 0.245 e. The summed E-state index contributed by atoms with van der Waals surface area (Å²) >= 11 is 5.89. The average Bonchev–Trinajstić information content (AvgIpc) is 3.48. The number of sulfonamides is 1. The largest absolute Gasteiger partial charge is 0.479 e. The number of aromatic nitrogens is 5. The van der Waals surface area contributed by atoms with Gasteiger partial charge in [-0.3, -0.25) is 4.72 Å². The Labute approximate surface area is 194 Å². The number of furan rings is 1. The normalized spacial score (nSPS) is 11.4. The fraction of sp³-hybridized carbons (Fsp3) is 0.200. The lowest BCUT2D eigenvalue weighted by molar-refractivity contribution is 0.368. The molecule has 0 aliphatic rings. The standard InChI is InChI=1S/C20H19ClN6O5S/c1-30-18-16(19(31-2)23-12-22-18)27-17(15-4-3-10-32-15)24-25-20(27)26-33(28,29)11-9-13-5-7-14(21)8-6-13/h3-8,10,12H,9,11H2,1-2H3,(H,25,26). The highest BCUT2D eigenvalue weighted by Gasteiger charge is 2.27. The molecule has 1 N–H and O–H groups in total. The Morgan fingerprint density at radius 1 is 1.06 bits per heavy atom. The Hall–Kier alpha value is -3.64. The van der Waals surface area contributed by atoms with Gasteiger partial charge < -0.3 is 13.9 Å². The van der Waals surface area contributed by atoms with E-state index in [2.05, 4.69) is 24.9 Å². The lowest BCUT2D eigenvalue weighted by Crippen LogP contribution is -2.21. The van der Waals surface area contributed by atoms with Crippen LogP contribution in [-0.2, 0) is 16.4 Å². The Kier molecular flexibility index (Phi) is 6.47. The lowest BCUT2D eigenvalue weighted by Gasteiger charge is -2.15. The summed E-state index contributed by atoms with van der Waals surface area (Å²) < 4.78 is 45.8. The van der Waals surface area contributed by atoms with Crippen LogP contribution in [0, 0.1) is 0 Å². The molecule has 11 nitrogen and oxygen atoms in total. The molecule has 0 atom stereocenters. The zero-order chi connectivity index (χ0) is 23.4. The van der Waals surface area contributed by atoms with Crippen molar-refractivity contribution in [2.45, 2.75) is 6.42 Å². The summed E-state index contributed by atoms with van der Waals surface area (Å²) in [5.41, 5.74) is 1.02. The number of nitrogens with one attached hydrogen (secondary N) is 1. The van der Waals surface area contributed by atoms with Crippen LogP contribution < -0.4 is 14.2 Å². The van der Waals surface area contributed by atoms with Crippen LogP contribution in [0.3, 0.4) is 0 Å². The molecule has 4 aromatic rings. The summed E-state index contributed by atoms with van der Waals surface area (Å²) in [6.45, 7) is 0. The van der Waals surface area contributed by atoms with E-state index in [0.717, 1.165) is 5.56 Å². The molecule has 0 spiro atoms. The minimum Gasteiger partial charge on any atom is -0.479 e. The number of ether oxygens (including phenoxy) is 2. The molecule has 1 aromatic carbocycles. The second-order valence-corrected chi connectivity index (χ2v) is 8.98. The van der Waals surface area contributed by atoms with Crippen LogP contribution in [0.15, 0.2) is 53.4 Å². The average molecular weight is 491 g/mol. The van der Waals surface area contributed by atoms with Crippen LogP contribution in [0.1, 0.15) is 5.56 Å². The van der Waals surface area contributed by atoms with E-state index in [9.17, 15) is 8.42 Å². The van der Waals surface area contributed by atoms with Crippen LogP contribution >= 0.6 is 11.6 Å². The van der Waals surface area contributed by atoms with E-state index in [1.165, 1.54) is 31.4 Å². The summed E-state index contributed by atoms with van der Waals surface area (Å²) in [6, 6.07) is 10.3. The Bertz CT molecular complexity index is 1320. The molecule has 0 saturated carbocycles. The molecule has 13 heteroatoms. The van der Waals surface area contributed by atoms with Gasteiger partial charge in [-0.15, -0.1) is 10.2 Å². The second-order valence-electron chi connectivity index (χ2n) is 6.70. The van der Waals surface area contributed by atoms with Gasteiger partial charge >= 0.3 is 0 Å². The summed E-state index contributed by atoms with van der Waals surface area (Å²) in [4.78, 5) is 8.19. The lowest BCUT2D eigenvalue weighted by atomic mass is 10.2. The first kappa shape index (κ1) is 22.6. The molecule has 33 heavy (non-hydrogen) atoms.